The topological polar surface area (TPSA) is 86.7 Å². The standard InChI is InChI=1S/C31H36O6/c1-31(2,23-13-17-25(18-14-23)36-29(34)27(32)21-9-5-3-6-10-21)24-15-19-26(20-16-24)37-30(35)28(33)22-11-7-4-8-12-22/h3-12,23-26H,13-20H2,1-2H3. The molecule has 0 aliphatic heterocycles. The molecule has 6 nitrogen and oxygen atoms in total. The van der Waals surface area contributed by atoms with E-state index < -0.39 is 23.5 Å². The molecule has 0 amide bonds. The van der Waals surface area contributed by atoms with Crippen LogP contribution in [-0.2, 0) is 19.1 Å². The van der Waals surface area contributed by atoms with Gasteiger partial charge in [-0.15, -0.1) is 0 Å². The Bertz CT molecular complexity index is 1000. The molecule has 2 aromatic rings. The number of ketones is 2. The number of Topliss-reactive ketones (excluding diaryl/α,β-unsaturated/α-hetero) is 2. The molecule has 2 fully saturated rings. The van der Waals surface area contributed by atoms with E-state index >= 15 is 0 Å². The van der Waals surface area contributed by atoms with Crippen LogP contribution in [0.2, 0.25) is 0 Å². The summed E-state index contributed by atoms with van der Waals surface area (Å²) >= 11 is 0. The largest absolute Gasteiger partial charge is 0.456 e. The summed E-state index contributed by atoms with van der Waals surface area (Å²) in [5, 5.41) is 0. The summed E-state index contributed by atoms with van der Waals surface area (Å²) < 4.78 is 11.1. The fraction of sp³-hybridized carbons (Fsp3) is 0.484. The number of ether oxygens (including phenoxy) is 2. The lowest BCUT2D eigenvalue weighted by Crippen LogP contribution is -2.40. The molecule has 6 heteroatoms. The highest BCUT2D eigenvalue weighted by molar-refractivity contribution is 6.41. The van der Waals surface area contributed by atoms with E-state index in [0.29, 0.717) is 23.0 Å². The summed E-state index contributed by atoms with van der Waals surface area (Å²) in [6.45, 7) is 4.64. The lowest BCUT2D eigenvalue weighted by Gasteiger charge is -2.46. The van der Waals surface area contributed by atoms with Crippen molar-refractivity contribution in [2.45, 2.75) is 77.4 Å². The van der Waals surface area contributed by atoms with Crippen LogP contribution >= 0.6 is 0 Å². The Morgan fingerprint density at radius 2 is 0.892 bits per heavy atom. The molecule has 0 bridgehead atoms. The van der Waals surface area contributed by atoms with E-state index in [2.05, 4.69) is 13.8 Å². The second-order valence-corrected chi connectivity index (χ2v) is 11.0. The summed E-state index contributed by atoms with van der Waals surface area (Å²) in [6, 6.07) is 17.0. The Hall–Kier alpha value is -3.28. The maximum Gasteiger partial charge on any atom is 0.379 e. The van der Waals surface area contributed by atoms with E-state index in [1.54, 1.807) is 60.7 Å². The van der Waals surface area contributed by atoms with Crippen molar-refractivity contribution in [1.82, 2.24) is 0 Å². The minimum Gasteiger partial charge on any atom is -0.456 e. The number of esters is 2. The lowest BCUT2D eigenvalue weighted by molar-refractivity contribution is -0.146. The summed E-state index contributed by atoms with van der Waals surface area (Å²) in [5.74, 6) is -1.73. The zero-order valence-electron chi connectivity index (χ0n) is 21.7. The van der Waals surface area contributed by atoms with Crippen molar-refractivity contribution in [2.75, 3.05) is 0 Å². The third kappa shape index (κ3) is 6.54. The van der Waals surface area contributed by atoms with Gasteiger partial charge in [0.25, 0.3) is 11.6 Å². The van der Waals surface area contributed by atoms with Gasteiger partial charge < -0.3 is 9.47 Å². The first-order valence-electron chi connectivity index (χ1n) is 13.4. The van der Waals surface area contributed by atoms with Crippen LogP contribution in [-0.4, -0.2) is 35.7 Å². The van der Waals surface area contributed by atoms with Gasteiger partial charge in [0.05, 0.1) is 0 Å². The molecular weight excluding hydrogens is 468 g/mol. The predicted octanol–water partition coefficient (Wildman–Crippen LogP) is 5.98. The monoisotopic (exact) mass is 504 g/mol. The number of hydrogen-bond donors (Lipinski definition) is 0. The van der Waals surface area contributed by atoms with E-state index in [-0.39, 0.29) is 17.6 Å². The fourth-order valence-corrected chi connectivity index (χ4v) is 6.01. The first-order valence-corrected chi connectivity index (χ1v) is 13.4. The molecule has 196 valence electrons. The number of benzene rings is 2. The molecule has 2 aliphatic rings. The lowest BCUT2D eigenvalue weighted by atomic mass is 9.60. The van der Waals surface area contributed by atoms with Crippen molar-refractivity contribution in [2.24, 2.45) is 17.3 Å². The minimum absolute atomic E-state index is 0.101. The molecule has 37 heavy (non-hydrogen) atoms. The molecule has 2 saturated carbocycles. The van der Waals surface area contributed by atoms with Gasteiger partial charge in [-0.25, -0.2) is 9.59 Å². The van der Waals surface area contributed by atoms with Crippen molar-refractivity contribution in [3.8, 4) is 0 Å². The molecule has 2 aliphatic carbocycles. The van der Waals surface area contributed by atoms with Gasteiger partial charge in [0, 0.05) is 11.1 Å². The van der Waals surface area contributed by atoms with Crippen LogP contribution in [0.15, 0.2) is 60.7 Å². The van der Waals surface area contributed by atoms with Crippen molar-refractivity contribution >= 4 is 23.5 Å². The third-order valence-electron chi connectivity index (χ3n) is 8.44. The van der Waals surface area contributed by atoms with Crippen LogP contribution in [0.25, 0.3) is 0 Å². The van der Waals surface area contributed by atoms with E-state index in [9.17, 15) is 19.2 Å². The highest BCUT2D eigenvalue weighted by Gasteiger charge is 2.41. The SMILES string of the molecule is CC(C)(C1CCC(OC(=O)C(=O)c2ccccc2)CC1)C1CCC(OC(=O)C(=O)c2ccccc2)CC1. The number of rotatable bonds is 8. The second-order valence-electron chi connectivity index (χ2n) is 11.0. The van der Waals surface area contributed by atoms with Gasteiger partial charge in [-0.3, -0.25) is 9.59 Å². The average molecular weight is 505 g/mol. The molecule has 0 atom stereocenters. The van der Waals surface area contributed by atoms with E-state index in [1.165, 1.54) is 0 Å². The van der Waals surface area contributed by atoms with Crippen molar-refractivity contribution < 1.29 is 28.7 Å². The van der Waals surface area contributed by atoms with Gasteiger partial charge >= 0.3 is 11.9 Å². The van der Waals surface area contributed by atoms with Crippen LogP contribution in [0.5, 0.6) is 0 Å². The maximum atomic E-state index is 12.3. The molecule has 0 spiro atoms. The maximum absolute atomic E-state index is 12.3. The molecule has 0 saturated heterocycles. The highest BCUT2D eigenvalue weighted by atomic mass is 16.6. The predicted molar refractivity (Wildman–Crippen MR) is 139 cm³/mol. The average Bonchev–Trinajstić information content (AvgIpc) is 2.93. The first kappa shape index (κ1) is 26.8. The van der Waals surface area contributed by atoms with Crippen LogP contribution in [0.1, 0.15) is 85.9 Å². The Morgan fingerprint density at radius 1 is 0.568 bits per heavy atom. The van der Waals surface area contributed by atoms with E-state index in [0.717, 1.165) is 51.4 Å². The molecule has 0 heterocycles. The van der Waals surface area contributed by atoms with Crippen LogP contribution in [0.3, 0.4) is 0 Å². The van der Waals surface area contributed by atoms with Crippen molar-refractivity contribution in [3.05, 3.63) is 71.8 Å². The van der Waals surface area contributed by atoms with Gasteiger partial charge in [0.15, 0.2) is 0 Å². The Kier molecular flexibility index (Phi) is 8.57. The molecule has 2 aromatic carbocycles. The molecule has 0 aromatic heterocycles. The molecule has 0 N–H and O–H groups in total. The Labute approximate surface area is 218 Å². The second kappa shape index (κ2) is 11.8. The summed E-state index contributed by atoms with van der Waals surface area (Å²) in [7, 11) is 0. The molecule has 0 unspecified atom stereocenters. The van der Waals surface area contributed by atoms with Gasteiger partial charge in [0.1, 0.15) is 12.2 Å². The zero-order chi connectivity index (χ0) is 26.4. The van der Waals surface area contributed by atoms with Gasteiger partial charge in [0.2, 0.25) is 0 Å². The fourth-order valence-electron chi connectivity index (χ4n) is 6.01. The Balaban J connectivity index is 1.22. The smallest absolute Gasteiger partial charge is 0.379 e. The van der Waals surface area contributed by atoms with Crippen LogP contribution in [0, 0.1) is 17.3 Å². The molecular formula is C31H36O6. The van der Waals surface area contributed by atoms with Gasteiger partial charge in [-0.1, -0.05) is 74.5 Å². The number of carbonyl (C=O) groups excluding carboxylic acids is 4. The van der Waals surface area contributed by atoms with E-state index in [1.807, 2.05) is 0 Å². The highest BCUT2D eigenvalue weighted by Crippen LogP contribution is 2.49. The molecule has 0 radical (unpaired) electrons. The van der Waals surface area contributed by atoms with Gasteiger partial charge in [-0.05, 0) is 68.6 Å². The number of hydrogen-bond acceptors (Lipinski definition) is 6. The summed E-state index contributed by atoms with van der Waals surface area (Å²) in [5.41, 5.74) is 0.810. The van der Waals surface area contributed by atoms with Gasteiger partial charge in [-0.2, -0.15) is 0 Å². The van der Waals surface area contributed by atoms with Crippen LogP contribution in [0.4, 0.5) is 0 Å². The summed E-state index contributed by atoms with van der Waals surface area (Å²) in [4.78, 5) is 49.3. The Morgan fingerprint density at radius 3 is 1.22 bits per heavy atom. The normalized spacial score (nSPS) is 24.1. The first-order chi connectivity index (χ1) is 17.8. The van der Waals surface area contributed by atoms with Crippen LogP contribution < -0.4 is 0 Å². The quantitative estimate of drug-likeness (QED) is 0.250. The van der Waals surface area contributed by atoms with E-state index in [4.69, 9.17) is 9.47 Å². The third-order valence-corrected chi connectivity index (χ3v) is 8.44. The summed E-state index contributed by atoms with van der Waals surface area (Å²) in [6.07, 6.45) is 6.40. The number of carbonyl (C=O) groups is 4. The van der Waals surface area contributed by atoms with Crippen molar-refractivity contribution in [3.63, 3.8) is 0 Å². The zero-order valence-corrected chi connectivity index (χ0v) is 21.7. The minimum atomic E-state index is -0.771. The molecule has 4 rings (SSSR count). The van der Waals surface area contributed by atoms with Crippen molar-refractivity contribution in [1.29, 1.82) is 0 Å².